The Bertz CT molecular complexity index is 392. The maximum atomic E-state index is 10.6. The van der Waals surface area contributed by atoms with Gasteiger partial charge in [0.1, 0.15) is 0 Å². The minimum Gasteiger partial charge on any atom is -0.388 e. The van der Waals surface area contributed by atoms with Crippen molar-refractivity contribution in [1.82, 2.24) is 0 Å². The molecule has 2 rings (SSSR count). The van der Waals surface area contributed by atoms with Crippen LogP contribution in [-0.4, -0.2) is 32.0 Å². The number of fused-ring (bicyclic) bond motifs is 1. The van der Waals surface area contributed by atoms with E-state index in [9.17, 15) is 5.11 Å². The first-order valence-electron chi connectivity index (χ1n) is 7.65. The highest BCUT2D eigenvalue weighted by Gasteiger charge is 2.25. The highest BCUT2D eigenvalue weighted by Crippen LogP contribution is 2.35. The predicted octanol–water partition coefficient (Wildman–Crippen LogP) is 3.12. The normalized spacial score (nSPS) is 22.3. The molecule has 3 heteroatoms. The molecule has 0 amide bonds. The molecule has 0 bridgehead atoms. The maximum Gasteiger partial charge on any atom is 0.0820 e. The van der Waals surface area contributed by atoms with Gasteiger partial charge in [-0.25, -0.2) is 0 Å². The summed E-state index contributed by atoms with van der Waals surface area (Å²) in [6.07, 6.45) is 5.09. The van der Waals surface area contributed by atoms with Crippen molar-refractivity contribution in [1.29, 1.82) is 0 Å². The van der Waals surface area contributed by atoms with Crippen LogP contribution in [0.15, 0.2) is 24.3 Å². The average molecular weight is 278 g/mol. The van der Waals surface area contributed by atoms with Crippen LogP contribution in [0, 0.1) is 5.92 Å². The van der Waals surface area contributed by atoms with E-state index in [0.29, 0.717) is 19.1 Å². The van der Waals surface area contributed by atoms with Crippen LogP contribution in [0.2, 0.25) is 0 Å². The van der Waals surface area contributed by atoms with Gasteiger partial charge < -0.3 is 14.6 Å². The third-order valence-corrected chi connectivity index (χ3v) is 4.14. The van der Waals surface area contributed by atoms with E-state index in [0.717, 1.165) is 37.9 Å². The lowest BCUT2D eigenvalue weighted by molar-refractivity contribution is 0.0573. The zero-order chi connectivity index (χ0) is 14.2. The molecule has 0 radical (unpaired) electrons. The number of hydrogen-bond donors (Lipinski definition) is 1. The summed E-state index contributed by atoms with van der Waals surface area (Å²) in [5.41, 5.74) is 2.45. The first-order chi connectivity index (χ1) is 9.83. The SMILES string of the molecule is COCCOCCCC1CCCc2ccccc2C1O. The van der Waals surface area contributed by atoms with Crippen LogP contribution < -0.4 is 0 Å². The van der Waals surface area contributed by atoms with Crippen molar-refractivity contribution < 1.29 is 14.6 Å². The van der Waals surface area contributed by atoms with Crippen LogP contribution in [-0.2, 0) is 15.9 Å². The Morgan fingerprint density at radius 2 is 2.05 bits per heavy atom. The minimum atomic E-state index is -0.312. The van der Waals surface area contributed by atoms with Gasteiger partial charge in [-0.1, -0.05) is 24.3 Å². The van der Waals surface area contributed by atoms with Crippen LogP contribution in [0.5, 0.6) is 0 Å². The van der Waals surface area contributed by atoms with Crippen LogP contribution in [0.3, 0.4) is 0 Å². The lowest BCUT2D eigenvalue weighted by Gasteiger charge is -2.21. The van der Waals surface area contributed by atoms with Gasteiger partial charge in [0.25, 0.3) is 0 Å². The molecule has 0 aromatic heterocycles. The molecule has 1 aromatic carbocycles. The summed E-state index contributed by atoms with van der Waals surface area (Å²) in [7, 11) is 1.68. The second kappa shape index (κ2) is 8.40. The fourth-order valence-electron chi connectivity index (χ4n) is 3.01. The fourth-order valence-corrected chi connectivity index (χ4v) is 3.01. The van der Waals surface area contributed by atoms with Crippen molar-refractivity contribution in [3.63, 3.8) is 0 Å². The third kappa shape index (κ3) is 4.30. The van der Waals surface area contributed by atoms with Gasteiger partial charge in [0.05, 0.1) is 19.3 Å². The summed E-state index contributed by atoms with van der Waals surface area (Å²) >= 11 is 0. The smallest absolute Gasteiger partial charge is 0.0820 e. The molecular formula is C17H26O3. The Morgan fingerprint density at radius 1 is 1.20 bits per heavy atom. The second-order valence-electron chi connectivity index (χ2n) is 5.54. The van der Waals surface area contributed by atoms with Gasteiger partial charge in [-0.3, -0.25) is 0 Å². The summed E-state index contributed by atoms with van der Waals surface area (Å²) in [4.78, 5) is 0. The van der Waals surface area contributed by atoms with Gasteiger partial charge in [-0.2, -0.15) is 0 Å². The molecule has 3 nitrogen and oxygen atoms in total. The molecule has 0 fully saturated rings. The molecule has 2 atom stereocenters. The number of aliphatic hydroxyl groups is 1. The molecule has 0 aliphatic heterocycles. The summed E-state index contributed by atoms with van der Waals surface area (Å²) in [6, 6.07) is 8.32. The molecule has 0 saturated carbocycles. The number of benzene rings is 1. The monoisotopic (exact) mass is 278 g/mol. The Labute approximate surface area is 121 Å². The molecule has 1 aromatic rings. The largest absolute Gasteiger partial charge is 0.388 e. The van der Waals surface area contributed by atoms with Crippen LogP contribution in [0.25, 0.3) is 0 Å². The maximum absolute atomic E-state index is 10.6. The molecule has 0 heterocycles. The van der Waals surface area contributed by atoms with Crippen LogP contribution in [0.4, 0.5) is 0 Å². The minimum absolute atomic E-state index is 0.312. The third-order valence-electron chi connectivity index (χ3n) is 4.14. The van der Waals surface area contributed by atoms with Crippen LogP contribution in [0.1, 0.15) is 42.9 Å². The zero-order valence-corrected chi connectivity index (χ0v) is 12.4. The Balaban J connectivity index is 1.80. The first kappa shape index (κ1) is 15.5. The van der Waals surface area contributed by atoms with E-state index in [1.54, 1.807) is 7.11 Å². The topological polar surface area (TPSA) is 38.7 Å². The van der Waals surface area contributed by atoms with Crippen molar-refractivity contribution in [3.8, 4) is 0 Å². The zero-order valence-electron chi connectivity index (χ0n) is 12.4. The van der Waals surface area contributed by atoms with Crippen molar-refractivity contribution in [2.24, 2.45) is 5.92 Å². The Kier molecular flexibility index (Phi) is 6.51. The Morgan fingerprint density at radius 3 is 2.90 bits per heavy atom. The van der Waals surface area contributed by atoms with E-state index in [1.807, 2.05) is 6.07 Å². The van der Waals surface area contributed by atoms with Crippen molar-refractivity contribution in [3.05, 3.63) is 35.4 Å². The van der Waals surface area contributed by atoms with Crippen LogP contribution >= 0.6 is 0 Å². The lowest BCUT2D eigenvalue weighted by Crippen LogP contribution is -2.13. The van der Waals surface area contributed by atoms with E-state index in [1.165, 1.54) is 12.0 Å². The average Bonchev–Trinajstić information content (AvgIpc) is 2.63. The molecule has 112 valence electrons. The number of hydrogen-bond acceptors (Lipinski definition) is 3. The summed E-state index contributed by atoms with van der Waals surface area (Å²) in [5.74, 6) is 0.365. The van der Waals surface area contributed by atoms with E-state index in [-0.39, 0.29) is 6.10 Å². The highest BCUT2D eigenvalue weighted by atomic mass is 16.5. The lowest BCUT2D eigenvalue weighted by atomic mass is 9.90. The van der Waals surface area contributed by atoms with Gasteiger partial charge in [-0.05, 0) is 49.1 Å². The van der Waals surface area contributed by atoms with Crippen molar-refractivity contribution in [2.75, 3.05) is 26.9 Å². The van der Waals surface area contributed by atoms with Gasteiger partial charge >= 0.3 is 0 Å². The van der Waals surface area contributed by atoms with E-state index >= 15 is 0 Å². The standard InChI is InChI=1S/C17H26O3/c1-19-12-13-20-11-5-9-15-8-4-7-14-6-2-3-10-16(14)17(15)18/h2-3,6,10,15,17-18H,4-5,7-9,11-13H2,1H3. The van der Waals surface area contributed by atoms with Gasteiger partial charge in [0.2, 0.25) is 0 Å². The number of methoxy groups -OCH3 is 1. The molecule has 0 saturated heterocycles. The fraction of sp³-hybridized carbons (Fsp3) is 0.647. The van der Waals surface area contributed by atoms with Crippen molar-refractivity contribution >= 4 is 0 Å². The number of aryl methyl sites for hydroxylation is 1. The molecule has 20 heavy (non-hydrogen) atoms. The van der Waals surface area contributed by atoms with Gasteiger partial charge in [0, 0.05) is 13.7 Å². The first-order valence-corrected chi connectivity index (χ1v) is 7.65. The number of rotatable bonds is 7. The number of ether oxygens (including phenoxy) is 2. The quantitative estimate of drug-likeness (QED) is 0.615. The highest BCUT2D eigenvalue weighted by molar-refractivity contribution is 5.30. The van der Waals surface area contributed by atoms with Gasteiger partial charge in [-0.15, -0.1) is 0 Å². The summed E-state index contributed by atoms with van der Waals surface area (Å²) in [6.45, 7) is 2.07. The molecule has 1 aliphatic carbocycles. The van der Waals surface area contributed by atoms with E-state index in [2.05, 4.69) is 18.2 Å². The molecule has 1 N–H and O–H groups in total. The predicted molar refractivity (Wildman–Crippen MR) is 79.8 cm³/mol. The Hall–Kier alpha value is -0.900. The number of aliphatic hydroxyl groups excluding tert-OH is 1. The second-order valence-corrected chi connectivity index (χ2v) is 5.54. The summed E-state index contributed by atoms with van der Waals surface area (Å²) < 4.78 is 10.4. The summed E-state index contributed by atoms with van der Waals surface area (Å²) in [5, 5.41) is 10.6. The molecular weight excluding hydrogens is 252 g/mol. The van der Waals surface area contributed by atoms with Crippen molar-refractivity contribution in [2.45, 2.75) is 38.2 Å². The van der Waals surface area contributed by atoms with E-state index in [4.69, 9.17) is 9.47 Å². The van der Waals surface area contributed by atoms with Gasteiger partial charge in [0.15, 0.2) is 0 Å². The molecule has 2 unspecified atom stereocenters. The van der Waals surface area contributed by atoms with E-state index < -0.39 is 0 Å². The molecule has 0 spiro atoms. The molecule has 1 aliphatic rings.